The van der Waals surface area contributed by atoms with Gasteiger partial charge in [-0.2, -0.15) is 5.26 Å². The van der Waals surface area contributed by atoms with E-state index in [4.69, 9.17) is 14.9 Å². The van der Waals surface area contributed by atoms with E-state index in [1.807, 2.05) is 31.2 Å². The van der Waals surface area contributed by atoms with Crippen LogP contribution in [0.25, 0.3) is 0 Å². The summed E-state index contributed by atoms with van der Waals surface area (Å²) in [4.78, 5) is 18.9. The Bertz CT molecular complexity index is 840. The summed E-state index contributed by atoms with van der Waals surface area (Å²) < 4.78 is 0. The van der Waals surface area contributed by atoms with Gasteiger partial charge in [0, 0.05) is 5.69 Å². The lowest BCUT2D eigenvalue weighted by Gasteiger charge is -2.05. The van der Waals surface area contributed by atoms with Crippen molar-refractivity contribution in [2.45, 2.75) is 26.7 Å². The maximum Gasteiger partial charge on any atom is 0.141 e. The Labute approximate surface area is 153 Å². The number of hydrogen-bond acceptors (Lipinski definition) is 7. The number of hydrogen-bond donors (Lipinski definition) is 0. The molecule has 2 rings (SSSR count). The molecule has 0 saturated carbocycles. The standard InChI is InChI=1S/C19H21N5O2/c1-14(23-25-3)18-10-4-7-16(21-18)9-6-12-26-24-15(2)19-11-5-8-17(13-20)22-19/h4-5,7-8,10-11H,6,9,12H2,1-3H3. The van der Waals surface area contributed by atoms with Crippen LogP contribution in [0.4, 0.5) is 0 Å². The molecule has 0 aliphatic rings. The molecule has 0 fully saturated rings. The molecular weight excluding hydrogens is 330 g/mol. The summed E-state index contributed by atoms with van der Waals surface area (Å²) in [5, 5.41) is 16.8. The van der Waals surface area contributed by atoms with Crippen LogP contribution in [0.2, 0.25) is 0 Å². The van der Waals surface area contributed by atoms with E-state index < -0.39 is 0 Å². The van der Waals surface area contributed by atoms with Gasteiger partial charge in [0.05, 0.1) is 11.4 Å². The molecule has 0 radical (unpaired) electrons. The minimum absolute atomic E-state index is 0.357. The molecule has 0 aliphatic heterocycles. The van der Waals surface area contributed by atoms with Gasteiger partial charge in [0.2, 0.25) is 0 Å². The van der Waals surface area contributed by atoms with Crippen LogP contribution in [0.5, 0.6) is 0 Å². The molecule has 0 amide bonds. The fourth-order valence-electron chi connectivity index (χ4n) is 2.21. The van der Waals surface area contributed by atoms with Gasteiger partial charge in [0.25, 0.3) is 0 Å². The van der Waals surface area contributed by atoms with Gasteiger partial charge in [-0.3, -0.25) is 4.98 Å². The van der Waals surface area contributed by atoms with Crippen molar-refractivity contribution in [1.82, 2.24) is 9.97 Å². The van der Waals surface area contributed by atoms with Gasteiger partial charge in [-0.25, -0.2) is 4.98 Å². The van der Waals surface area contributed by atoms with Crippen LogP contribution < -0.4 is 0 Å². The van der Waals surface area contributed by atoms with E-state index in [1.165, 1.54) is 7.11 Å². The molecule has 2 aromatic heterocycles. The Morgan fingerprint density at radius 2 is 1.73 bits per heavy atom. The zero-order chi connectivity index (χ0) is 18.8. The van der Waals surface area contributed by atoms with Gasteiger partial charge in [-0.05, 0) is 51.0 Å². The molecule has 134 valence electrons. The summed E-state index contributed by atoms with van der Waals surface area (Å²) in [6.45, 7) is 4.12. The molecule has 2 heterocycles. The van der Waals surface area contributed by atoms with Crippen LogP contribution in [0, 0.1) is 11.3 Å². The smallest absolute Gasteiger partial charge is 0.141 e. The number of nitriles is 1. The second-order valence-corrected chi connectivity index (χ2v) is 5.51. The van der Waals surface area contributed by atoms with E-state index >= 15 is 0 Å². The van der Waals surface area contributed by atoms with E-state index in [1.54, 1.807) is 25.1 Å². The maximum atomic E-state index is 8.88. The third-order valence-electron chi connectivity index (χ3n) is 3.51. The van der Waals surface area contributed by atoms with Crippen LogP contribution in [0.1, 0.15) is 43.0 Å². The average Bonchev–Trinajstić information content (AvgIpc) is 2.68. The highest BCUT2D eigenvalue weighted by Crippen LogP contribution is 2.05. The van der Waals surface area contributed by atoms with Gasteiger partial charge >= 0.3 is 0 Å². The highest BCUT2D eigenvalue weighted by molar-refractivity contribution is 5.97. The van der Waals surface area contributed by atoms with Crippen molar-refractivity contribution in [3.8, 4) is 6.07 Å². The maximum absolute atomic E-state index is 8.88. The Hall–Kier alpha value is -3.27. The van der Waals surface area contributed by atoms with Gasteiger partial charge in [0.1, 0.15) is 36.9 Å². The molecule has 26 heavy (non-hydrogen) atoms. The van der Waals surface area contributed by atoms with E-state index in [-0.39, 0.29) is 0 Å². The van der Waals surface area contributed by atoms with E-state index in [9.17, 15) is 0 Å². The van der Waals surface area contributed by atoms with Gasteiger partial charge in [-0.15, -0.1) is 0 Å². The molecule has 0 bridgehead atoms. The van der Waals surface area contributed by atoms with Gasteiger partial charge in [-0.1, -0.05) is 22.4 Å². The van der Waals surface area contributed by atoms with E-state index in [0.29, 0.717) is 23.7 Å². The first-order valence-electron chi connectivity index (χ1n) is 8.22. The lowest BCUT2D eigenvalue weighted by Crippen LogP contribution is -2.04. The van der Waals surface area contributed by atoms with Crippen LogP contribution in [-0.2, 0) is 16.1 Å². The van der Waals surface area contributed by atoms with Crippen molar-refractivity contribution in [3.05, 3.63) is 59.2 Å². The number of oxime groups is 2. The molecule has 7 nitrogen and oxygen atoms in total. The largest absolute Gasteiger partial charge is 0.399 e. The first kappa shape index (κ1) is 19.1. The Morgan fingerprint density at radius 3 is 2.46 bits per heavy atom. The predicted molar refractivity (Wildman–Crippen MR) is 98.9 cm³/mol. The number of pyridine rings is 2. The molecule has 0 unspecified atom stereocenters. The summed E-state index contributed by atoms with van der Waals surface area (Å²) in [7, 11) is 1.51. The van der Waals surface area contributed by atoms with Crippen LogP contribution in [-0.4, -0.2) is 35.1 Å². The minimum Gasteiger partial charge on any atom is -0.399 e. The Kier molecular flexibility index (Phi) is 7.25. The van der Waals surface area contributed by atoms with Crippen molar-refractivity contribution >= 4 is 11.4 Å². The van der Waals surface area contributed by atoms with Crippen molar-refractivity contribution in [3.63, 3.8) is 0 Å². The van der Waals surface area contributed by atoms with Gasteiger partial charge in [0.15, 0.2) is 0 Å². The highest BCUT2D eigenvalue weighted by atomic mass is 16.6. The van der Waals surface area contributed by atoms with E-state index in [2.05, 4.69) is 20.3 Å². The molecule has 7 heteroatoms. The number of aryl methyl sites for hydroxylation is 1. The van der Waals surface area contributed by atoms with E-state index in [0.717, 1.165) is 29.9 Å². The highest BCUT2D eigenvalue weighted by Gasteiger charge is 2.03. The first-order chi connectivity index (χ1) is 12.6. The quantitative estimate of drug-likeness (QED) is 0.414. The zero-order valence-corrected chi connectivity index (χ0v) is 15.1. The monoisotopic (exact) mass is 351 g/mol. The molecule has 0 aromatic carbocycles. The fourth-order valence-corrected chi connectivity index (χ4v) is 2.21. The lowest BCUT2D eigenvalue weighted by atomic mass is 10.2. The average molecular weight is 351 g/mol. The van der Waals surface area contributed by atoms with Crippen LogP contribution in [0.3, 0.4) is 0 Å². The number of rotatable bonds is 8. The van der Waals surface area contributed by atoms with Crippen molar-refractivity contribution in [2.75, 3.05) is 13.7 Å². The molecule has 0 spiro atoms. The molecule has 0 saturated heterocycles. The van der Waals surface area contributed by atoms with Crippen molar-refractivity contribution in [2.24, 2.45) is 10.3 Å². The zero-order valence-electron chi connectivity index (χ0n) is 15.1. The Morgan fingerprint density at radius 1 is 1.04 bits per heavy atom. The van der Waals surface area contributed by atoms with Crippen molar-refractivity contribution in [1.29, 1.82) is 5.26 Å². The van der Waals surface area contributed by atoms with Crippen LogP contribution in [0.15, 0.2) is 46.7 Å². The molecule has 0 N–H and O–H groups in total. The SMILES string of the molecule is CON=C(C)c1cccc(CCCON=C(C)c2cccc(C#N)n2)n1. The van der Waals surface area contributed by atoms with Gasteiger partial charge < -0.3 is 9.68 Å². The topological polar surface area (TPSA) is 92.8 Å². The summed E-state index contributed by atoms with van der Waals surface area (Å²) in [5.41, 5.74) is 4.11. The number of nitrogens with zero attached hydrogens (tertiary/aromatic N) is 5. The predicted octanol–water partition coefficient (Wildman–Crippen LogP) is 3.09. The van der Waals surface area contributed by atoms with Crippen LogP contribution >= 0.6 is 0 Å². The summed E-state index contributed by atoms with van der Waals surface area (Å²) in [5.74, 6) is 0. The molecule has 2 aromatic rings. The van der Waals surface area contributed by atoms with Crippen molar-refractivity contribution < 1.29 is 9.68 Å². The molecule has 0 aliphatic carbocycles. The fraction of sp³-hybridized carbons (Fsp3) is 0.316. The third-order valence-corrected chi connectivity index (χ3v) is 3.51. The molecular formula is C19H21N5O2. The second kappa shape index (κ2) is 9.89. The summed E-state index contributed by atoms with van der Waals surface area (Å²) in [6.07, 6.45) is 1.55. The second-order valence-electron chi connectivity index (χ2n) is 5.51. The third kappa shape index (κ3) is 5.67. The minimum atomic E-state index is 0.357. The summed E-state index contributed by atoms with van der Waals surface area (Å²) in [6, 6.07) is 13.0. The summed E-state index contributed by atoms with van der Waals surface area (Å²) >= 11 is 0. The normalized spacial score (nSPS) is 11.8. The first-order valence-corrected chi connectivity index (χ1v) is 8.22. The number of aromatic nitrogens is 2. The Balaban J connectivity index is 1.84. The lowest BCUT2D eigenvalue weighted by molar-refractivity contribution is 0.141. The molecule has 0 atom stereocenters.